The molecule has 124 valence electrons. The number of carbonyl (C=O) groups is 1. The number of fused-ring (bicyclic) bond motifs is 2. The van der Waals surface area contributed by atoms with Crippen LogP contribution in [0.2, 0.25) is 0 Å². The zero-order chi connectivity index (χ0) is 16.5. The molecule has 2 aromatic carbocycles. The van der Waals surface area contributed by atoms with E-state index in [1.54, 1.807) is 17.8 Å². The van der Waals surface area contributed by atoms with E-state index in [-0.39, 0.29) is 23.7 Å². The third-order valence-electron chi connectivity index (χ3n) is 4.73. The van der Waals surface area contributed by atoms with Crippen LogP contribution < -0.4 is 10.6 Å². The van der Waals surface area contributed by atoms with E-state index in [1.807, 2.05) is 24.3 Å². The number of para-hydroxylation sites is 1. The Balaban J connectivity index is 1.52. The van der Waals surface area contributed by atoms with Gasteiger partial charge in [-0.1, -0.05) is 18.2 Å². The predicted octanol–water partition coefficient (Wildman–Crippen LogP) is 4.08. The van der Waals surface area contributed by atoms with Crippen LogP contribution in [-0.4, -0.2) is 18.2 Å². The first-order valence-corrected chi connectivity index (χ1v) is 9.23. The summed E-state index contributed by atoms with van der Waals surface area (Å²) in [7, 11) is 0. The summed E-state index contributed by atoms with van der Waals surface area (Å²) >= 11 is 1.78. The zero-order valence-electron chi connectivity index (χ0n) is 13.2. The minimum Gasteiger partial charge on any atom is -0.326 e. The molecule has 0 aliphatic carbocycles. The van der Waals surface area contributed by atoms with Crippen LogP contribution in [-0.2, 0) is 4.79 Å². The molecule has 2 aromatic rings. The van der Waals surface area contributed by atoms with Crippen molar-refractivity contribution in [3.8, 4) is 0 Å². The average Bonchev–Trinajstić information content (AvgIpc) is 2.59. The molecule has 0 bridgehead atoms. The van der Waals surface area contributed by atoms with Crippen molar-refractivity contribution in [1.29, 1.82) is 0 Å². The molecule has 2 unspecified atom stereocenters. The molecule has 5 heteroatoms. The van der Waals surface area contributed by atoms with Gasteiger partial charge in [0.2, 0.25) is 5.91 Å². The van der Waals surface area contributed by atoms with Gasteiger partial charge in [0.05, 0.1) is 0 Å². The molecule has 0 radical (unpaired) electrons. The number of halogens is 1. The van der Waals surface area contributed by atoms with E-state index in [1.165, 1.54) is 11.6 Å². The number of nitrogens with one attached hydrogen (secondary N) is 2. The van der Waals surface area contributed by atoms with Crippen LogP contribution in [0.5, 0.6) is 0 Å². The van der Waals surface area contributed by atoms with E-state index in [2.05, 4.69) is 16.7 Å². The molecule has 2 N–H and O–H groups in total. The van der Waals surface area contributed by atoms with Gasteiger partial charge >= 0.3 is 0 Å². The molecular weight excluding hydrogens is 323 g/mol. The monoisotopic (exact) mass is 342 g/mol. The molecule has 2 aliphatic heterocycles. The van der Waals surface area contributed by atoms with Gasteiger partial charge in [-0.15, -0.1) is 11.8 Å². The predicted molar refractivity (Wildman–Crippen MR) is 94.9 cm³/mol. The minimum absolute atomic E-state index is 0.0612. The lowest BCUT2D eigenvalue weighted by atomic mass is 9.90. The maximum Gasteiger partial charge on any atom is 0.225 e. The van der Waals surface area contributed by atoms with Gasteiger partial charge in [-0.25, -0.2) is 4.39 Å². The minimum atomic E-state index is -0.189. The lowest BCUT2D eigenvalue weighted by Crippen LogP contribution is -2.33. The second kappa shape index (κ2) is 6.57. The number of hydrogen-bond acceptors (Lipinski definition) is 3. The Kier molecular flexibility index (Phi) is 4.29. The van der Waals surface area contributed by atoms with E-state index in [0.717, 1.165) is 34.9 Å². The lowest BCUT2D eigenvalue weighted by Gasteiger charge is -2.30. The highest BCUT2D eigenvalue weighted by atomic mass is 32.2. The van der Waals surface area contributed by atoms with Crippen molar-refractivity contribution in [2.45, 2.75) is 29.7 Å². The first-order chi connectivity index (χ1) is 11.7. The van der Waals surface area contributed by atoms with Crippen LogP contribution >= 0.6 is 11.8 Å². The number of carbonyl (C=O) groups excluding carboxylic acids is 1. The molecule has 0 fully saturated rings. The first kappa shape index (κ1) is 15.7. The summed E-state index contributed by atoms with van der Waals surface area (Å²) in [4.78, 5) is 13.1. The van der Waals surface area contributed by atoms with Crippen molar-refractivity contribution in [2.75, 3.05) is 17.6 Å². The Labute approximate surface area is 145 Å². The third-order valence-corrected chi connectivity index (χ3v) is 5.85. The number of rotatable bonds is 3. The van der Waals surface area contributed by atoms with E-state index in [0.29, 0.717) is 6.42 Å². The number of amides is 1. The first-order valence-electron chi connectivity index (χ1n) is 8.25. The van der Waals surface area contributed by atoms with E-state index in [4.69, 9.17) is 0 Å². The van der Waals surface area contributed by atoms with E-state index >= 15 is 0 Å². The molecule has 2 atom stereocenters. The Hall–Kier alpha value is -1.85. The molecule has 24 heavy (non-hydrogen) atoms. The summed E-state index contributed by atoms with van der Waals surface area (Å²) in [6, 6.07) is 13.1. The van der Waals surface area contributed by atoms with Gasteiger partial charge < -0.3 is 10.6 Å². The molecular formula is C19H19FN2OS. The van der Waals surface area contributed by atoms with Gasteiger partial charge in [-0.2, -0.15) is 0 Å². The standard InChI is InChI=1S/C19H19FN2OS/c20-13-5-6-18-15(10-13)16(7-8-24-18)21-11-12-9-19(23)22-17-4-2-1-3-14(12)17/h1-6,10,12,16,21H,7-9,11H2,(H,22,23). The van der Waals surface area contributed by atoms with Crippen LogP contribution in [0.1, 0.15) is 35.9 Å². The van der Waals surface area contributed by atoms with Crippen LogP contribution in [0, 0.1) is 5.82 Å². The lowest BCUT2D eigenvalue weighted by molar-refractivity contribution is -0.116. The Morgan fingerprint density at radius 2 is 2.08 bits per heavy atom. The smallest absolute Gasteiger partial charge is 0.225 e. The summed E-state index contributed by atoms with van der Waals surface area (Å²) in [6.45, 7) is 0.718. The van der Waals surface area contributed by atoms with E-state index < -0.39 is 0 Å². The maximum atomic E-state index is 13.6. The fourth-order valence-corrected chi connectivity index (χ4v) is 4.65. The van der Waals surface area contributed by atoms with Crippen molar-refractivity contribution < 1.29 is 9.18 Å². The summed E-state index contributed by atoms with van der Waals surface area (Å²) in [5, 5.41) is 6.51. The quantitative estimate of drug-likeness (QED) is 0.883. The molecule has 2 aliphatic rings. The third kappa shape index (κ3) is 3.06. The van der Waals surface area contributed by atoms with Crippen molar-refractivity contribution in [1.82, 2.24) is 5.32 Å². The van der Waals surface area contributed by atoms with Crippen molar-refractivity contribution >= 4 is 23.4 Å². The molecule has 2 heterocycles. The van der Waals surface area contributed by atoms with E-state index in [9.17, 15) is 9.18 Å². The van der Waals surface area contributed by atoms with Crippen LogP contribution in [0.15, 0.2) is 47.4 Å². The fourth-order valence-electron chi connectivity index (χ4n) is 3.55. The second-order valence-electron chi connectivity index (χ2n) is 6.32. The maximum absolute atomic E-state index is 13.6. The highest BCUT2D eigenvalue weighted by Gasteiger charge is 2.27. The Bertz CT molecular complexity index is 780. The van der Waals surface area contributed by atoms with Gasteiger partial charge in [0.25, 0.3) is 0 Å². The second-order valence-corrected chi connectivity index (χ2v) is 7.45. The summed E-state index contributed by atoms with van der Waals surface area (Å²) < 4.78 is 13.6. The molecule has 1 amide bonds. The number of thioether (sulfide) groups is 1. The normalized spacial score (nSPS) is 22.5. The molecule has 0 saturated carbocycles. The number of anilines is 1. The van der Waals surface area contributed by atoms with Crippen molar-refractivity contribution in [2.24, 2.45) is 0 Å². The molecule has 3 nitrogen and oxygen atoms in total. The summed E-state index contributed by atoms with van der Waals surface area (Å²) in [5.41, 5.74) is 3.13. The van der Waals surface area contributed by atoms with Gasteiger partial charge in [0.1, 0.15) is 5.82 Å². The molecule has 0 saturated heterocycles. The van der Waals surface area contributed by atoms with Crippen LogP contribution in [0.3, 0.4) is 0 Å². The fraction of sp³-hybridized carbons (Fsp3) is 0.316. The summed E-state index contributed by atoms with van der Waals surface area (Å²) in [6.07, 6.45) is 1.46. The average molecular weight is 342 g/mol. The zero-order valence-corrected chi connectivity index (χ0v) is 14.0. The van der Waals surface area contributed by atoms with Crippen LogP contribution in [0.25, 0.3) is 0 Å². The Morgan fingerprint density at radius 3 is 3.00 bits per heavy atom. The topological polar surface area (TPSA) is 41.1 Å². The van der Waals surface area contributed by atoms with Crippen LogP contribution in [0.4, 0.5) is 10.1 Å². The van der Waals surface area contributed by atoms with Gasteiger partial charge in [0, 0.05) is 35.5 Å². The molecule has 4 rings (SSSR count). The highest BCUT2D eigenvalue weighted by molar-refractivity contribution is 7.99. The molecule has 0 aromatic heterocycles. The van der Waals surface area contributed by atoms with Gasteiger partial charge in [-0.05, 0) is 47.6 Å². The van der Waals surface area contributed by atoms with Crippen molar-refractivity contribution in [3.63, 3.8) is 0 Å². The van der Waals surface area contributed by atoms with Gasteiger partial charge in [0.15, 0.2) is 0 Å². The highest BCUT2D eigenvalue weighted by Crippen LogP contribution is 2.37. The Morgan fingerprint density at radius 1 is 1.21 bits per heavy atom. The number of hydrogen-bond donors (Lipinski definition) is 2. The largest absolute Gasteiger partial charge is 0.326 e. The summed E-state index contributed by atoms with van der Waals surface area (Å²) in [5.74, 6) is 1.05. The SMILES string of the molecule is O=C1CC(CNC2CCSc3ccc(F)cc32)c2ccccc2N1. The number of benzene rings is 2. The molecule has 0 spiro atoms. The van der Waals surface area contributed by atoms with Gasteiger partial charge in [-0.3, -0.25) is 4.79 Å². The van der Waals surface area contributed by atoms with Crippen molar-refractivity contribution in [3.05, 3.63) is 59.4 Å².